The van der Waals surface area contributed by atoms with Gasteiger partial charge in [-0.3, -0.25) is 4.79 Å². The molecule has 0 unspecified atom stereocenters. The maximum Gasteiger partial charge on any atom is 0.409 e. The zero-order valence-electron chi connectivity index (χ0n) is 17.7. The van der Waals surface area contributed by atoms with E-state index >= 15 is 0 Å². The van der Waals surface area contributed by atoms with Gasteiger partial charge in [0.05, 0.1) is 12.6 Å². The lowest BCUT2D eigenvalue weighted by molar-refractivity contribution is 0.0742. The van der Waals surface area contributed by atoms with Crippen molar-refractivity contribution in [2.24, 2.45) is 5.92 Å². The minimum atomic E-state index is -0.303. The molecule has 6 heteroatoms. The number of nitrogens with zero attached hydrogens (tertiary/aromatic N) is 3. The van der Waals surface area contributed by atoms with Crippen molar-refractivity contribution in [1.29, 1.82) is 0 Å². The highest BCUT2D eigenvalue weighted by atomic mass is 16.6. The van der Waals surface area contributed by atoms with Crippen LogP contribution in [-0.2, 0) is 4.74 Å². The quantitative estimate of drug-likeness (QED) is 0.551. The minimum Gasteiger partial charge on any atom is -0.450 e. The molecule has 0 atom stereocenters. The Kier molecular flexibility index (Phi) is 6.46. The highest BCUT2D eigenvalue weighted by Crippen LogP contribution is 2.30. The number of hydrogen-bond donors (Lipinski definition) is 0. The van der Waals surface area contributed by atoms with Gasteiger partial charge in [0, 0.05) is 31.4 Å². The Morgan fingerprint density at radius 1 is 1.00 bits per heavy atom. The van der Waals surface area contributed by atoms with Crippen LogP contribution in [0.3, 0.4) is 0 Å². The van der Waals surface area contributed by atoms with Crippen LogP contribution in [0, 0.1) is 5.92 Å². The molecule has 4 rings (SSSR count). The van der Waals surface area contributed by atoms with Gasteiger partial charge in [-0.1, -0.05) is 60.7 Å². The number of carbonyl (C=O) groups excluding carboxylic acids is 2. The van der Waals surface area contributed by atoms with Crippen molar-refractivity contribution in [3.63, 3.8) is 0 Å². The normalized spacial score (nSPS) is 14.6. The Hall–Kier alpha value is -3.41. The van der Waals surface area contributed by atoms with E-state index in [2.05, 4.69) is 29.2 Å². The van der Waals surface area contributed by atoms with Crippen LogP contribution >= 0.6 is 0 Å². The van der Waals surface area contributed by atoms with Crippen molar-refractivity contribution in [2.45, 2.75) is 25.8 Å². The number of imidazole rings is 1. The first-order chi connectivity index (χ1) is 15.2. The van der Waals surface area contributed by atoms with Gasteiger partial charge in [-0.25, -0.2) is 9.78 Å². The minimum absolute atomic E-state index is 0.0328. The molecule has 6 nitrogen and oxygen atoms in total. The highest BCUT2D eigenvalue weighted by Gasteiger charge is 2.32. The monoisotopic (exact) mass is 417 g/mol. The van der Waals surface area contributed by atoms with Crippen molar-refractivity contribution in [2.75, 3.05) is 19.7 Å². The summed E-state index contributed by atoms with van der Waals surface area (Å²) in [5, 5.41) is 0. The summed E-state index contributed by atoms with van der Waals surface area (Å²) in [6.07, 6.45) is 4.51. The van der Waals surface area contributed by atoms with Gasteiger partial charge in [0.15, 0.2) is 5.82 Å². The summed E-state index contributed by atoms with van der Waals surface area (Å²) in [4.78, 5) is 31.5. The summed E-state index contributed by atoms with van der Waals surface area (Å²) < 4.78 is 7.06. The van der Waals surface area contributed by atoms with E-state index < -0.39 is 0 Å². The van der Waals surface area contributed by atoms with Crippen LogP contribution in [-0.4, -0.2) is 46.0 Å². The number of carbonyl (C=O) groups is 2. The van der Waals surface area contributed by atoms with Crippen LogP contribution in [0.1, 0.15) is 47.6 Å². The first-order valence-electron chi connectivity index (χ1n) is 10.8. The zero-order valence-corrected chi connectivity index (χ0v) is 17.7. The number of benzene rings is 2. The third-order valence-electron chi connectivity index (χ3n) is 5.79. The highest BCUT2D eigenvalue weighted by molar-refractivity contribution is 5.95. The Morgan fingerprint density at radius 2 is 1.58 bits per heavy atom. The molecule has 0 radical (unpaired) electrons. The second kappa shape index (κ2) is 9.60. The molecule has 1 amide bonds. The second-order valence-electron chi connectivity index (χ2n) is 7.71. The van der Waals surface area contributed by atoms with Crippen molar-refractivity contribution in [3.8, 4) is 0 Å². The number of ketones is 1. The van der Waals surface area contributed by atoms with Crippen molar-refractivity contribution >= 4 is 11.9 Å². The number of amides is 1. The fourth-order valence-corrected chi connectivity index (χ4v) is 4.22. The van der Waals surface area contributed by atoms with E-state index in [9.17, 15) is 9.59 Å². The number of hydrogen-bond acceptors (Lipinski definition) is 4. The van der Waals surface area contributed by atoms with Crippen molar-refractivity contribution < 1.29 is 14.3 Å². The molecule has 0 aliphatic carbocycles. The van der Waals surface area contributed by atoms with Crippen LogP contribution in [0.15, 0.2) is 73.1 Å². The van der Waals surface area contributed by atoms with Gasteiger partial charge in [-0.15, -0.1) is 0 Å². The number of aromatic nitrogens is 2. The summed E-state index contributed by atoms with van der Waals surface area (Å²) in [5.74, 6) is 0.344. The summed E-state index contributed by atoms with van der Waals surface area (Å²) in [6.45, 7) is 3.20. The van der Waals surface area contributed by atoms with Gasteiger partial charge < -0.3 is 14.2 Å². The molecule has 0 saturated carbocycles. The van der Waals surface area contributed by atoms with Crippen LogP contribution < -0.4 is 0 Å². The number of piperidine rings is 1. The van der Waals surface area contributed by atoms with Gasteiger partial charge in [0.25, 0.3) is 0 Å². The van der Waals surface area contributed by atoms with Crippen molar-refractivity contribution in [1.82, 2.24) is 14.5 Å². The third kappa shape index (κ3) is 4.53. The molecule has 3 aromatic rings. The van der Waals surface area contributed by atoms with Crippen LogP contribution in [0.5, 0.6) is 0 Å². The number of ether oxygens (including phenoxy) is 1. The first kappa shape index (κ1) is 20.8. The molecule has 160 valence electrons. The van der Waals surface area contributed by atoms with Gasteiger partial charge in [-0.05, 0) is 30.9 Å². The number of rotatable bonds is 6. The van der Waals surface area contributed by atoms with Crippen LogP contribution in [0.4, 0.5) is 4.79 Å². The lowest BCUT2D eigenvalue weighted by Crippen LogP contribution is -2.41. The topological polar surface area (TPSA) is 64.4 Å². The molecule has 2 heterocycles. The van der Waals surface area contributed by atoms with Crippen LogP contribution in [0.2, 0.25) is 0 Å². The molecule has 1 aromatic heterocycles. The largest absolute Gasteiger partial charge is 0.450 e. The second-order valence-corrected chi connectivity index (χ2v) is 7.71. The molecule has 1 saturated heterocycles. The Labute approximate surface area is 182 Å². The fraction of sp³-hybridized carbons (Fsp3) is 0.320. The van der Waals surface area contributed by atoms with E-state index in [0.717, 1.165) is 11.1 Å². The molecule has 31 heavy (non-hydrogen) atoms. The van der Waals surface area contributed by atoms with E-state index in [1.165, 1.54) is 0 Å². The molecule has 0 N–H and O–H groups in total. The standard InChI is InChI=1S/C25H27N3O3/c1-2-31-25(30)27-16-13-21(14-17-27)23(29)24-26-15-18-28(24)22(19-9-5-3-6-10-19)20-11-7-4-8-12-20/h3-12,15,18,21-22H,2,13-14,16-17H2,1H3. The summed E-state index contributed by atoms with van der Waals surface area (Å²) in [5.41, 5.74) is 2.19. The predicted molar refractivity (Wildman–Crippen MR) is 118 cm³/mol. The Bertz CT molecular complexity index is 969. The number of Topliss-reactive ketones (excluding diaryl/α,β-unsaturated/α-hetero) is 1. The first-order valence-corrected chi connectivity index (χ1v) is 10.8. The maximum atomic E-state index is 13.4. The summed E-state index contributed by atoms with van der Waals surface area (Å²) in [7, 11) is 0. The van der Waals surface area contributed by atoms with Gasteiger partial charge in [0.2, 0.25) is 5.78 Å². The average Bonchev–Trinajstić information content (AvgIpc) is 3.30. The Balaban J connectivity index is 1.59. The van der Waals surface area contributed by atoms with E-state index in [1.807, 2.05) is 47.2 Å². The lowest BCUT2D eigenvalue weighted by Gasteiger charge is -2.30. The average molecular weight is 418 g/mol. The van der Waals surface area contributed by atoms with E-state index in [0.29, 0.717) is 38.4 Å². The van der Waals surface area contributed by atoms with Crippen molar-refractivity contribution in [3.05, 3.63) is 90.0 Å². The smallest absolute Gasteiger partial charge is 0.409 e. The third-order valence-corrected chi connectivity index (χ3v) is 5.79. The predicted octanol–water partition coefficient (Wildman–Crippen LogP) is 4.57. The van der Waals surface area contributed by atoms with Gasteiger partial charge in [0.1, 0.15) is 0 Å². The lowest BCUT2D eigenvalue weighted by atomic mass is 9.91. The van der Waals surface area contributed by atoms with E-state index in [4.69, 9.17) is 4.74 Å². The molecule has 0 spiro atoms. The van der Waals surface area contributed by atoms with E-state index in [-0.39, 0.29) is 23.8 Å². The maximum absolute atomic E-state index is 13.4. The summed E-state index contributed by atoms with van der Waals surface area (Å²) >= 11 is 0. The molecule has 1 aliphatic heterocycles. The molecular weight excluding hydrogens is 390 g/mol. The molecular formula is C25H27N3O3. The molecule has 2 aromatic carbocycles. The van der Waals surface area contributed by atoms with E-state index in [1.54, 1.807) is 18.0 Å². The SMILES string of the molecule is CCOC(=O)N1CCC(C(=O)c2nccn2C(c2ccccc2)c2ccccc2)CC1. The fourth-order valence-electron chi connectivity index (χ4n) is 4.22. The molecule has 0 bridgehead atoms. The zero-order chi connectivity index (χ0) is 21.6. The molecule has 1 aliphatic rings. The van der Waals surface area contributed by atoms with Crippen LogP contribution in [0.25, 0.3) is 0 Å². The summed E-state index contributed by atoms with van der Waals surface area (Å²) in [6, 6.07) is 20.2. The Morgan fingerprint density at radius 3 is 2.13 bits per heavy atom. The van der Waals surface area contributed by atoms with Gasteiger partial charge in [-0.2, -0.15) is 0 Å². The molecule has 1 fully saturated rings. The number of likely N-dealkylation sites (tertiary alicyclic amines) is 1. The van der Waals surface area contributed by atoms with Gasteiger partial charge >= 0.3 is 6.09 Å².